The highest BCUT2D eigenvalue weighted by molar-refractivity contribution is 5.70. The predicted molar refractivity (Wildman–Crippen MR) is 247 cm³/mol. The second-order valence-corrected chi connectivity index (χ2v) is 16.9. The molecule has 374 valence electrons. The minimum absolute atomic E-state index is 0.0402. The Morgan fingerprint density at radius 3 is 1.58 bits per heavy atom. The van der Waals surface area contributed by atoms with Crippen LogP contribution in [0.25, 0.3) is 0 Å². The lowest BCUT2D eigenvalue weighted by molar-refractivity contribution is -0.332. The Kier molecular flexibility index (Phi) is 33.4. The molecular weight excluding hydrogens is 841 g/mol. The molecule has 2 aliphatic rings. The van der Waals surface area contributed by atoms with Crippen molar-refractivity contribution in [3.8, 4) is 0 Å². The molecule has 0 radical (unpaired) electrons. The summed E-state index contributed by atoms with van der Waals surface area (Å²) >= 11 is 0. The summed E-state index contributed by atoms with van der Waals surface area (Å²) in [5, 5.41) is 71.9. The number of ether oxygens (including phenoxy) is 6. The molecule has 65 heavy (non-hydrogen) atoms. The van der Waals surface area contributed by atoms with Gasteiger partial charge in [0.05, 0.1) is 19.8 Å². The first kappa shape index (κ1) is 58.3. The molecule has 2 aliphatic heterocycles. The van der Waals surface area contributed by atoms with Gasteiger partial charge in [0.1, 0.15) is 55.4 Å². The summed E-state index contributed by atoms with van der Waals surface area (Å²) in [7, 11) is 0. The lowest BCUT2D eigenvalue weighted by Gasteiger charge is -2.42. The van der Waals surface area contributed by atoms with Crippen LogP contribution in [0.5, 0.6) is 0 Å². The van der Waals surface area contributed by atoms with Crippen molar-refractivity contribution < 1.29 is 73.8 Å². The van der Waals surface area contributed by atoms with Crippen LogP contribution in [0.4, 0.5) is 0 Å². The molecule has 0 aliphatic carbocycles. The van der Waals surface area contributed by atoms with E-state index in [1.807, 2.05) is 18.2 Å². The molecule has 0 aromatic heterocycles. The van der Waals surface area contributed by atoms with Gasteiger partial charge in [-0.2, -0.15) is 0 Å². The molecule has 0 saturated carbocycles. The Bertz CT molecular complexity index is 1370. The second kappa shape index (κ2) is 37.2. The van der Waals surface area contributed by atoms with E-state index in [-0.39, 0.29) is 19.4 Å². The predicted octanol–water partition coefficient (Wildman–Crippen LogP) is 6.10. The summed E-state index contributed by atoms with van der Waals surface area (Å²) < 4.78 is 33.4. The summed E-state index contributed by atoms with van der Waals surface area (Å²) in [6.07, 6.45) is 24.2. The van der Waals surface area contributed by atoms with Gasteiger partial charge in [0.25, 0.3) is 0 Å². The topological polar surface area (TPSA) is 231 Å². The molecule has 0 bridgehead atoms. The molecule has 0 spiro atoms. The van der Waals surface area contributed by atoms with Crippen LogP contribution in [-0.2, 0) is 38.0 Å². The normalized spacial score (nSPS) is 26.9. The number of allylic oxidation sites excluding steroid dienone is 10. The molecule has 11 atom stereocenters. The van der Waals surface area contributed by atoms with E-state index in [9.17, 15) is 45.3 Å². The van der Waals surface area contributed by atoms with Crippen molar-refractivity contribution in [1.29, 1.82) is 0 Å². The number of carbonyl (C=O) groups is 2. The number of esters is 2. The molecule has 2 saturated heterocycles. The number of carbonyl (C=O) groups excluding carboxylic acids is 2. The van der Waals surface area contributed by atoms with Gasteiger partial charge in [-0.1, -0.05) is 132 Å². The van der Waals surface area contributed by atoms with Crippen LogP contribution >= 0.6 is 0 Å². The van der Waals surface area contributed by atoms with Gasteiger partial charge in [0.15, 0.2) is 18.7 Å². The Morgan fingerprint density at radius 2 is 1.00 bits per heavy atom. The standard InChI is InChI=1S/C50H84O15/c1-3-5-7-9-11-13-15-17-18-19-21-22-24-26-28-30-32-41(52)60-35-38(63-42(53)33-31-29-27-25-23-20-16-14-12-10-8-6-4-2)36-61-49-48(59)46(57)44(55)40(65-49)37-62-50-47(58)45(56)43(54)39(34-51)64-50/h6,8,12,14,18-20,23,27,29,38-40,43-51,54-59H,3-5,7,9-11,13,15-17,21-22,24-26,28,30-37H2,1-2H3/b8-6-,14-12-,19-18-,23-20-,29-27-. The highest BCUT2D eigenvalue weighted by atomic mass is 16.7. The Hall–Kier alpha value is -2.80. The number of unbranched alkanes of at least 4 members (excludes halogenated alkanes) is 12. The quantitative estimate of drug-likeness (QED) is 0.0214. The fraction of sp³-hybridized carbons (Fsp3) is 0.760. The van der Waals surface area contributed by atoms with Gasteiger partial charge in [-0.05, 0) is 64.2 Å². The van der Waals surface area contributed by atoms with Crippen molar-refractivity contribution in [1.82, 2.24) is 0 Å². The van der Waals surface area contributed by atoms with Crippen LogP contribution in [0.15, 0.2) is 60.8 Å². The van der Waals surface area contributed by atoms with E-state index in [2.05, 4.69) is 56.4 Å². The van der Waals surface area contributed by atoms with Gasteiger partial charge in [0, 0.05) is 12.8 Å². The summed E-state index contributed by atoms with van der Waals surface area (Å²) in [5.41, 5.74) is 0. The molecule has 15 nitrogen and oxygen atoms in total. The van der Waals surface area contributed by atoms with Crippen LogP contribution in [0.2, 0.25) is 0 Å². The van der Waals surface area contributed by atoms with Crippen LogP contribution in [0, 0.1) is 0 Å². The number of aliphatic hydroxyl groups is 7. The number of rotatable bonds is 36. The molecule has 2 rings (SSSR count). The average Bonchev–Trinajstić information content (AvgIpc) is 3.30. The maximum Gasteiger partial charge on any atom is 0.306 e. The fourth-order valence-corrected chi connectivity index (χ4v) is 7.22. The van der Waals surface area contributed by atoms with Crippen LogP contribution in [-0.4, -0.2) is 142 Å². The highest BCUT2D eigenvalue weighted by Crippen LogP contribution is 2.26. The largest absolute Gasteiger partial charge is 0.462 e. The molecule has 7 N–H and O–H groups in total. The van der Waals surface area contributed by atoms with Crippen LogP contribution in [0.3, 0.4) is 0 Å². The van der Waals surface area contributed by atoms with E-state index in [0.29, 0.717) is 19.3 Å². The number of hydrogen-bond acceptors (Lipinski definition) is 15. The smallest absolute Gasteiger partial charge is 0.306 e. The lowest BCUT2D eigenvalue weighted by Crippen LogP contribution is -2.61. The lowest BCUT2D eigenvalue weighted by atomic mass is 9.98. The Labute approximate surface area is 388 Å². The zero-order valence-electron chi connectivity index (χ0n) is 39.2. The van der Waals surface area contributed by atoms with Crippen molar-refractivity contribution >= 4 is 11.9 Å². The number of aliphatic hydroxyl groups excluding tert-OH is 7. The van der Waals surface area contributed by atoms with E-state index < -0.39 is 99.3 Å². The first-order valence-corrected chi connectivity index (χ1v) is 24.4. The van der Waals surface area contributed by atoms with Gasteiger partial charge in [-0.15, -0.1) is 0 Å². The van der Waals surface area contributed by atoms with Crippen LogP contribution < -0.4 is 0 Å². The van der Waals surface area contributed by atoms with E-state index in [1.54, 1.807) is 0 Å². The van der Waals surface area contributed by atoms with Crippen molar-refractivity contribution in [2.45, 2.75) is 216 Å². The summed E-state index contributed by atoms with van der Waals surface area (Å²) in [5.74, 6) is -1.03. The molecular formula is C50H84O15. The maximum atomic E-state index is 12.9. The second-order valence-electron chi connectivity index (χ2n) is 16.9. The molecule has 11 unspecified atom stereocenters. The van der Waals surface area contributed by atoms with E-state index in [0.717, 1.165) is 57.8 Å². The van der Waals surface area contributed by atoms with Crippen molar-refractivity contribution in [2.24, 2.45) is 0 Å². The van der Waals surface area contributed by atoms with Crippen molar-refractivity contribution in [3.63, 3.8) is 0 Å². The van der Waals surface area contributed by atoms with E-state index in [1.165, 1.54) is 44.9 Å². The zero-order valence-corrected chi connectivity index (χ0v) is 39.2. The fourth-order valence-electron chi connectivity index (χ4n) is 7.22. The minimum Gasteiger partial charge on any atom is -0.462 e. The first-order chi connectivity index (χ1) is 31.5. The Balaban J connectivity index is 1.86. The molecule has 0 aromatic rings. The summed E-state index contributed by atoms with van der Waals surface area (Å²) in [4.78, 5) is 25.6. The molecule has 2 fully saturated rings. The molecule has 2 heterocycles. The summed E-state index contributed by atoms with van der Waals surface area (Å²) in [6, 6.07) is 0. The third-order valence-corrected chi connectivity index (χ3v) is 11.2. The minimum atomic E-state index is -1.78. The van der Waals surface area contributed by atoms with Crippen molar-refractivity contribution in [2.75, 3.05) is 26.4 Å². The molecule has 0 amide bonds. The van der Waals surface area contributed by atoms with Gasteiger partial charge in [-0.3, -0.25) is 9.59 Å². The SMILES string of the molecule is CC/C=C\C/C=C\C/C=C\C/C=C\CCC(=O)OC(COC(=O)CCCCCCC/C=C\CCCCCCCCC)COC1OC(COC2OC(CO)C(O)C(O)C2O)C(O)C(O)C1O. The summed E-state index contributed by atoms with van der Waals surface area (Å²) in [6.45, 7) is 2.36. The highest BCUT2D eigenvalue weighted by Gasteiger charge is 2.47. The molecule has 15 heteroatoms. The van der Waals surface area contributed by atoms with E-state index >= 15 is 0 Å². The zero-order chi connectivity index (χ0) is 47.5. The third kappa shape index (κ3) is 25.8. The first-order valence-electron chi connectivity index (χ1n) is 24.4. The van der Waals surface area contributed by atoms with Crippen molar-refractivity contribution in [3.05, 3.63) is 60.8 Å². The molecule has 0 aromatic carbocycles. The number of hydrogen-bond donors (Lipinski definition) is 7. The van der Waals surface area contributed by atoms with Gasteiger partial charge < -0.3 is 64.2 Å². The van der Waals surface area contributed by atoms with Gasteiger partial charge >= 0.3 is 11.9 Å². The van der Waals surface area contributed by atoms with E-state index in [4.69, 9.17) is 28.4 Å². The van der Waals surface area contributed by atoms with Crippen LogP contribution in [0.1, 0.15) is 149 Å². The van der Waals surface area contributed by atoms with Gasteiger partial charge in [0.2, 0.25) is 0 Å². The average molecular weight is 925 g/mol. The van der Waals surface area contributed by atoms with Gasteiger partial charge in [-0.25, -0.2) is 0 Å². The third-order valence-electron chi connectivity index (χ3n) is 11.2. The Morgan fingerprint density at radius 1 is 0.508 bits per heavy atom. The maximum absolute atomic E-state index is 12.9. The monoisotopic (exact) mass is 925 g/mol.